The molecule has 0 unspecified atom stereocenters. The summed E-state index contributed by atoms with van der Waals surface area (Å²) in [6.07, 6.45) is 4.05. The molecule has 1 aliphatic rings. The fourth-order valence-electron chi connectivity index (χ4n) is 1.91. The van der Waals surface area contributed by atoms with Gasteiger partial charge in [0.1, 0.15) is 5.82 Å². The molecule has 5 nitrogen and oxygen atoms in total. The zero-order valence-corrected chi connectivity index (χ0v) is 11.4. The van der Waals surface area contributed by atoms with Crippen LogP contribution >= 0.6 is 0 Å². The Labute approximate surface area is 108 Å². The topological polar surface area (TPSA) is 61.9 Å². The van der Waals surface area contributed by atoms with E-state index in [-0.39, 0.29) is 5.91 Å². The predicted octanol–water partition coefficient (Wildman–Crippen LogP) is 2.02. The van der Waals surface area contributed by atoms with Crippen molar-refractivity contribution in [2.24, 2.45) is 5.92 Å². The maximum absolute atomic E-state index is 12.3. The van der Waals surface area contributed by atoms with Crippen LogP contribution in [-0.4, -0.2) is 38.6 Å². The SMILES string of the molecule is CCc1nc(C(=O)N(CCC(C)C)C2CC2)n[nH]1. The van der Waals surface area contributed by atoms with E-state index in [4.69, 9.17) is 0 Å². The van der Waals surface area contributed by atoms with Crippen molar-refractivity contribution in [1.82, 2.24) is 20.1 Å². The van der Waals surface area contributed by atoms with Crippen LogP contribution in [-0.2, 0) is 6.42 Å². The molecule has 0 saturated heterocycles. The lowest BCUT2D eigenvalue weighted by molar-refractivity contribution is 0.0723. The van der Waals surface area contributed by atoms with Crippen molar-refractivity contribution in [2.45, 2.75) is 52.5 Å². The van der Waals surface area contributed by atoms with E-state index in [1.165, 1.54) is 0 Å². The van der Waals surface area contributed by atoms with Gasteiger partial charge in [-0.25, -0.2) is 4.98 Å². The summed E-state index contributed by atoms with van der Waals surface area (Å²) >= 11 is 0. The summed E-state index contributed by atoms with van der Waals surface area (Å²) < 4.78 is 0. The summed E-state index contributed by atoms with van der Waals surface area (Å²) in [6, 6.07) is 0.417. The van der Waals surface area contributed by atoms with Gasteiger partial charge in [0.25, 0.3) is 5.91 Å². The van der Waals surface area contributed by atoms with E-state index < -0.39 is 0 Å². The molecule has 18 heavy (non-hydrogen) atoms. The molecule has 1 heterocycles. The minimum absolute atomic E-state index is 0.0194. The number of H-pyrrole nitrogens is 1. The highest BCUT2D eigenvalue weighted by Gasteiger charge is 2.34. The van der Waals surface area contributed by atoms with Crippen molar-refractivity contribution in [3.05, 3.63) is 11.6 Å². The van der Waals surface area contributed by atoms with Crippen molar-refractivity contribution in [1.29, 1.82) is 0 Å². The number of amides is 1. The van der Waals surface area contributed by atoms with Crippen molar-refractivity contribution in [2.75, 3.05) is 6.54 Å². The number of carbonyl (C=O) groups excluding carboxylic acids is 1. The summed E-state index contributed by atoms with van der Waals surface area (Å²) in [5.74, 6) is 1.69. The Bertz CT molecular complexity index is 409. The normalized spacial score (nSPS) is 15.1. The first kappa shape index (κ1) is 13.1. The smallest absolute Gasteiger partial charge is 0.293 e. The van der Waals surface area contributed by atoms with E-state index in [0.29, 0.717) is 17.8 Å². The Morgan fingerprint density at radius 2 is 2.22 bits per heavy atom. The third-order valence-electron chi connectivity index (χ3n) is 3.25. The number of aromatic amines is 1. The molecule has 0 aromatic carbocycles. The second-order valence-electron chi connectivity index (χ2n) is 5.37. The Morgan fingerprint density at radius 1 is 1.50 bits per heavy atom. The highest BCUT2D eigenvalue weighted by Crippen LogP contribution is 2.28. The van der Waals surface area contributed by atoms with E-state index >= 15 is 0 Å². The molecule has 1 fully saturated rings. The summed E-state index contributed by atoms with van der Waals surface area (Å²) in [5, 5.41) is 6.82. The average molecular weight is 250 g/mol. The maximum atomic E-state index is 12.3. The lowest BCUT2D eigenvalue weighted by atomic mass is 10.1. The number of hydrogen-bond donors (Lipinski definition) is 1. The van der Waals surface area contributed by atoms with Gasteiger partial charge in [0.15, 0.2) is 0 Å². The molecular formula is C13H22N4O. The molecule has 5 heteroatoms. The van der Waals surface area contributed by atoms with E-state index in [1.807, 2.05) is 11.8 Å². The number of carbonyl (C=O) groups is 1. The fraction of sp³-hybridized carbons (Fsp3) is 0.769. The Morgan fingerprint density at radius 3 is 2.72 bits per heavy atom. The van der Waals surface area contributed by atoms with Crippen molar-refractivity contribution in [3.63, 3.8) is 0 Å². The molecule has 0 bridgehead atoms. The number of nitrogens with one attached hydrogen (secondary N) is 1. The molecule has 1 N–H and O–H groups in total. The van der Waals surface area contributed by atoms with Gasteiger partial charge >= 0.3 is 0 Å². The molecule has 0 atom stereocenters. The third-order valence-corrected chi connectivity index (χ3v) is 3.25. The summed E-state index contributed by atoms with van der Waals surface area (Å²) in [5.41, 5.74) is 0. The van der Waals surface area contributed by atoms with Gasteiger partial charge in [0.2, 0.25) is 5.82 Å². The Balaban J connectivity index is 2.03. The van der Waals surface area contributed by atoms with E-state index in [2.05, 4.69) is 29.0 Å². The molecular weight excluding hydrogens is 228 g/mol. The summed E-state index contributed by atoms with van der Waals surface area (Å²) in [7, 11) is 0. The highest BCUT2D eigenvalue weighted by atomic mass is 16.2. The molecule has 1 aliphatic carbocycles. The summed E-state index contributed by atoms with van der Waals surface area (Å²) in [6.45, 7) is 7.17. The zero-order valence-electron chi connectivity index (χ0n) is 11.4. The lowest BCUT2D eigenvalue weighted by Gasteiger charge is -2.21. The van der Waals surface area contributed by atoms with Crippen molar-refractivity contribution in [3.8, 4) is 0 Å². The minimum atomic E-state index is -0.0194. The van der Waals surface area contributed by atoms with Gasteiger partial charge in [-0.1, -0.05) is 20.8 Å². The van der Waals surface area contributed by atoms with Crippen LogP contribution in [0.25, 0.3) is 0 Å². The molecule has 2 rings (SSSR count). The average Bonchev–Trinajstić information content (AvgIpc) is 3.06. The van der Waals surface area contributed by atoms with Crippen LogP contribution in [0.4, 0.5) is 0 Å². The molecule has 0 radical (unpaired) electrons. The van der Waals surface area contributed by atoms with Crippen LogP contribution in [0, 0.1) is 5.92 Å². The molecule has 0 spiro atoms. The van der Waals surface area contributed by atoms with Crippen LogP contribution in [0.5, 0.6) is 0 Å². The van der Waals surface area contributed by atoms with E-state index in [9.17, 15) is 4.79 Å². The monoisotopic (exact) mass is 250 g/mol. The molecule has 1 aromatic heterocycles. The second-order valence-corrected chi connectivity index (χ2v) is 5.37. The zero-order chi connectivity index (χ0) is 13.1. The Kier molecular flexibility index (Phi) is 3.99. The fourth-order valence-corrected chi connectivity index (χ4v) is 1.91. The van der Waals surface area contributed by atoms with Crippen molar-refractivity contribution >= 4 is 5.91 Å². The van der Waals surface area contributed by atoms with Crippen LogP contribution in [0.3, 0.4) is 0 Å². The van der Waals surface area contributed by atoms with Crippen LogP contribution in [0.2, 0.25) is 0 Å². The molecule has 1 aromatic rings. The molecule has 0 aliphatic heterocycles. The van der Waals surface area contributed by atoms with Gasteiger partial charge in [0, 0.05) is 19.0 Å². The highest BCUT2D eigenvalue weighted by molar-refractivity contribution is 5.90. The van der Waals surface area contributed by atoms with Gasteiger partial charge in [0.05, 0.1) is 0 Å². The van der Waals surface area contributed by atoms with Gasteiger partial charge in [-0.15, -0.1) is 5.10 Å². The maximum Gasteiger partial charge on any atom is 0.293 e. The van der Waals surface area contributed by atoms with Gasteiger partial charge < -0.3 is 4.90 Å². The van der Waals surface area contributed by atoms with Crippen LogP contribution < -0.4 is 0 Å². The van der Waals surface area contributed by atoms with Crippen LogP contribution in [0.1, 0.15) is 56.5 Å². The van der Waals surface area contributed by atoms with Gasteiger partial charge in [-0.2, -0.15) is 0 Å². The van der Waals surface area contributed by atoms with Crippen LogP contribution in [0.15, 0.2) is 0 Å². The van der Waals surface area contributed by atoms with Gasteiger partial charge in [-0.05, 0) is 25.2 Å². The number of aryl methyl sites for hydroxylation is 1. The largest absolute Gasteiger partial charge is 0.333 e. The lowest BCUT2D eigenvalue weighted by Crippen LogP contribution is -2.35. The Hall–Kier alpha value is -1.39. The van der Waals surface area contributed by atoms with Crippen molar-refractivity contribution < 1.29 is 4.79 Å². The standard InChI is InChI=1S/C13H22N4O/c1-4-11-14-12(16-15-11)13(18)17(10-5-6-10)8-7-9(2)3/h9-10H,4-8H2,1-3H3,(H,14,15,16). The number of hydrogen-bond acceptors (Lipinski definition) is 3. The predicted molar refractivity (Wildman–Crippen MR) is 69.3 cm³/mol. The third kappa shape index (κ3) is 3.09. The minimum Gasteiger partial charge on any atom is -0.333 e. The van der Waals surface area contributed by atoms with E-state index in [0.717, 1.165) is 38.1 Å². The van der Waals surface area contributed by atoms with Gasteiger partial charge in [-0.3, -0.25) is 9.89 Å². The quantitative estimate of drug-likeness (QED) is 0.840. The number of nitrogens with zero attached hydrogens (tertiary/aromatic N) is 3. The molecule has 1 saturated carbocycles. The van der Waals surface area contributed by atoms with E-state index in [1.54, 1.807) is 0 Å². The molecule has 1 amide bonds. The number of aromatic nitrogens is 3. The first-order chi connectivity index (χ1) is 8.61. The summed E-state index contributed by atoms with van der Waals surface area (Å²) in [4.78, 5) is 18.5. The first-order valence-electron chi connectivity index (χ1n) is 6.84. The molecule has 100 valence electrons. The first-order valence-corrected chi connectivity index (χ1v) is 6.84. The number of rotatable bonds is 6. The second kappa shape index (κ2) is 5.50.